The first kappa shape index (κ1) is 40.8. The minimum Gasteiger partial charge on any atom is -0.497 e. The maximum absolute atomic E-state index is 13.8. The molecule has 2 saturated carbocycles. The lowest BCUT2D eigenvalue weighted by Crippen LogP contribution is -2.45. The summed E-state index contributed by atoms with van der Waals surface area (Å²) in [6.07, 6.45) is 5.74. The highest BCUT2D eigenvalue weighted by Crippen LogP contribution is 2.49. The molecule has 56 heavy (non-hydrogen) atoms. The third kappa shape index (κ3) is 10.3. The summed E-state index contributed by atoms with van der Waals surface area (Å²) in [5, 5.41) is 2.45. The number of thiocarbonyl (C=S) groups is 1. The molecule has 3 unspecified atom stereocenters. The number of hydrogen-bond acceptors (Lipinski definition) is 12. The number of amides is 2. The molecule has 2 amide bonds. The minimum absolute atomic E-state index is 0.0103. The monoisotopic (exact) mass is 804 g/mol. The molecule has 2 bridgehead atoms. The molecule has 0 spiro atoms. The highest BCUT2D eigenvalue weighted by atomic mass is 32.2. The van der Waals surface area contributed by atoms with Crippen molar-refractivity contribution in [3.63, 3.8) is 0 Å². The second-order valence-electron chi connectivity index (χ2n) is 15.2. The first-order valence-electron chi connectivity index (χ1n) is 18.8. The van der Waals surface area contributed by atoms with Gasteiger partial charge in [-0.2, -0.15) is 0 Å². The Kier molecular flexibility index (Phi) is 13.1. The van der Waals surface area contributed by atoms with E-state index in [2.05, 4.69) is 5.32 Å². The first-order chi connectivity index (χ1) is 26.8. The van der Waals surface area contributed by atoms with Crippen molar-refractivity contribution < 1.29 is 47.3 Å². The number of thioether (sulfide) groups is 1. The van der Waals surface area contributed by atoms with Crippen LogP contribution in [0.5, 0.6) is 11.5 Å². The number of rotatable bonds is 15. The van der Waals surface area contributed by atoms with Crippen molar-refractivity contribution in [3.05, 3.63) is 76.4 Å². The maximum Gasteiger partial charge on any atom is 0.408 e. The number of nitrogens with zero attached hydrogens (tertiary/aromatic N) is 1. The summed E-state index contributed by atoms with van der Waals surface area (Å²) < 4.78 is 34.2. The van der Waals surface area contributed by atoms with Gasteiger partial charge in [0, 0.05) is 23.7 Å². The number of ether oxygens (including phenoxy) is 5. The third-order valence-electron chi connectivity index (χ3n) is 10.0. The van der Waals surface area contributed by atoms with Crippen LogP contribution in [0.25, 0.3) is 17.4 Å². The van der Waals surface area contributed by atoms with Crippen LogP contribution in [0.1, 0.15) is 76.2 Å². The molecule has 2 aliphatic carbocycles. The van der Waals surface area contributed by atoms with Gasteiger partial charge in [-0.3, -0.25) is 14.5 Å². The molecule has 1 saturated heterocycles. The fourth-order valence-corrected chi connectivity index (χ4v) is 8.76. The van der Waals surface area contributed by atoms with Gasteiger partial charge in [-0.05, 0) is 94.0 Å². The van der Waals surface area contributed by atoms with Gasteiger partial charge in [-0.25, -0.2) is 9.59 Å². The Hall–Kier alpha value is -4.82. The van der Waals surface area contributed by atoms with Gasteiger partial charge in [-0.15, -0.1) is 0 Å². The largest absolute Gasteiger partial charge is 0.497 e. The van der Waals surface area contributed by atoms with Crippen LogP contribution in [0.3, 0.4) is 0 Å². The number of methoxy groups -OCH3 is 2. The molecule has 3 aliphatic rings. The van der Waals surface area contributed by atoms with E-state index in [0.717, 1.165) is 30.4 Å². The summed E-state index contributed by atoms with van der Waals surface area (Å²) in [6, 6.07) is 15.2. The minimum atomic E-state index is -1.33. The Morgan fingerprint density at radius 1 is 1.02 bits per heavy atom. The fraction of sp³-hybridized carbons (Fsp3) is 0.452. The zero-order valence-corrected chi connectivity index (χ0v) is 33.9. The Balaban J connectivity index is 1.14. The van der Waals surface area contributed by atoms with E-state index in [9.17, 15) is 19.2 Å². The van der Waals surface area contributed by atoms with Gasteiger partial charge >= 0.3 is 18.0 Å². The van der Waals surface area contributed by atoms with E-state index < -0.39 is 36.1 Å². The first-order valence-corrected chi connectivity index (χ1v) is 20.0. The number of fused-ring (bicyclic) bond motifs is 2. The summed E-state index contributed by atoms with van der Waals surface area (Å²) in [5.41, 5.74) is 1.43. The van der Waals surface area contributed by atoms with Gasteiger partial charge in [0.05, 0.1) is 32.2 Å². The number of hydrogen-bond donors (Lipinski definition) is 1. The van der Waals surface area contributed by atoms with Crippen LogP contribution in [-0.2, 0) is 41.6 Å². The topological polar surface area (TPSA) is 143 Å². The lowest BCUT2D eigenvalue weighted by Gasteiger charge is -2.30. The van der Waals surface area contributed by atoms with E-state index in [0.29, 0.717) is 62.5 Å². The van der Waals surface area contributed by atoms with Gasteiger partial charge in [0.1, 0.15) is 45.6 Å². The zero-order valence-electron chi connectivity index (χ0n) is 32.3. The summed E-state index contributed by atoms with van der Waals surface area (Å²) in [5.74, 6) is 1.74. The van der Waals surface area contributed by atoms with Crippen molar-refractivity contribution in [2.75, 3.05) is 20.8 Å². The van der Waals surface area contributed by atoms with Gasteiger partial charge in [0.15, 0.2) is 0 Å². The Morgan fingerprint density at radius 3 is 2.39 bits per heavy atom. The lowest BCUT2D eigenvalue weighted by atomic mass is 9.94. The summed E-state index contributed by atoms with van der Waals surface area (Å²) >= 11 is 7.02. The number of alkyl carbamates (subject to hydrolysis) is 1. The van der Waals surface area contributed by atoms with Crippen LogP contribution >= 0.6 is 24.0 Å². The number of carbonyl (C=O) groups excluding carboxylic acids is 4. The third-order valence-corrected chi connectivity index (χ3v) is 11.3. The standard InChI is InChI=1S/C42H48N2O10S2/c1-42(2,3)54-40(48)43-32(39(47)52-24-25-10-7-6-8-11-25)22-37(45)51-15-9-12-28-20-34(29-18-30(49-4)21-31(19-29)50-5)53-35(28)23-36-38(46)44(41(55)56-36)33-17-26-13-14-27(33)16-26/h6-8,10-11,18-21,23,26-27,32-33H,9,12-17,22,24H2,1-5H3,(H,43,48)/t26?,27?,32-,33?/m1/s1. The maximum atomic E-state index is 13.8. The molecule has 0 radical (unpaired) electrons. The van der Waals surface area contributed by atoms with E-state index in [1.54, 1.807) is 59.3 Å². The molecule has 6 rings (SSSR count). The number of furan rings is 1. The van der Waals surface area contributed by atoms with Crippen molar-refractivity contribution in [2.24, 2.45) is 11.8 Å². The molecule has 2 aromatic carbocycles. The van der Waals surface area contributed by atoms with Crippen molar-refractivity contribution in [3.8, 4) is 22.8 Å². The molecular weight excluding hydrogens is 757 g/mol. The van der Waals surface area contributed by atoms with Crippen molar-refractivity contribution in [2.45, 2.75) is 90.0 Å². The highest BCUT2D eigenvalue weighted by molar-refractivity contribution is 8.26. The van der Waals surface area contributed by atoms with Crippen molar-refractivity contribution in [1.29, 1.82) is 0 Å². The molecule has 3 fully saturated rings. The molecule has 298 valence electrons. The van der Waals surface area contributed by atoms with Crippen LogP contribution in [0.2, 0.25) is 0 Å². The number of esters is 2. The Morgan fingerprint density at radius 2 is 1.75 bits per heavy atom. The van der Waals surface area contributed by atoms with E-state index in [4.69, 9.17) is 40.3 Å². The molecule has 4 atom stereocenters. The predicted octanol–water partition coefficient (Wildman–Crippen LogP) is 7.86. The van der Waals surface area contributed by atoms with Gasteiger partial charge in [0.2, 0.25) is 0 Å². The summed E-state index contributed by atoms with van der Waals surface area (Å²) in [4.78, 5) is 54.8. The van der Waals surface area contributed by atoms with Crippen molar-refractivity contribution >= 4 is 58.3 Å². The van der Waals surface area contributed by atoms with Crippen LogP contribution in [0.15, 0.2) is 63.9 Å². The predicted molar refractivity (Wildman–Crippen MR) is 215 cm³/mol. The van der Waals surface area contributed by atoms with Crippen molar-refractivity contribution in [1.82, 2.24) is 10.2 Å². The number of aryl methyl sites for hydroxylation is 1. The van der Waals surface area contributed by atoms with Crippen LogP contribution in [0.4, 0.5) is 4.79 Å². The Bertz CT molecular complexity index is 1950. The second-order valence-corrected chi connectivity index (χ2v) is 16.9. The van der Waals surface area contributed by atoms with Crippen LogP contribution in [-0.4, -0.2) is 71.7 Å². The number of nitrogens with one attached hydrogen (secondary N) is 1. The molecule has 1 aliphatic heterocycles. The van der Waals surface area contributed by atoms with E-state index >= 15 is 0 Å². The number of benzene rings is 2. The zero-order chi connectivity index (χ0) is 40.0. The normalized spacial score (nSPS) is 20.3. The number of carbonyl (C=O) groups is 4. The molecule has 14 heteroatoms. The summed E-state index contributed by atoms with van der Waals surface area (Å²) in [6.45, 7) is 5.04. The van der Waals surface area contributed by atoms with E-state index in [1.807, 2.05) is 41.3 Å². The van der Waals surface area contributed by atoms with E-state index in [1.165, 1.54) is 18.2 Å². The summed E-state index contributed by atoms with van der Waals surface area (Å²) in [7, 11) is 3.14. The van der Waals surface area contributed by atoms with Crippen LogP contribution in [0, 0.1) is 11.8 Å². The van der Waals surface area contributed by atoms with Gasteiger partial charge in [0.25, 0.3) is 5.91 Å². The smallest absolute Gasteiger partial charge is 0.408 e. The Labute approximate surface area is 336 Å². The van der Waals surface area contributed by atoms with E-state index in [-0.39, 0.29) is 25.2 Å². The lowest BCUT2D eigenvalue weighted by molar-refractivity contribution is -0.153. The van der Waals surface area contributed by atoms with Gasteiger partial charge < -0.3 is 33.4 Å². The van der Waals surface area contributed by atoms with Crippen LogP contribution < -0.4 is 14.8 Å². The molecule has 2 heterocycles. The molecule has 1 N–H and O–H groups in total. The highest BCUT2D eigenvalue weighted by Gasteiger charge is 2.48. The quantitative estimate of drug-likeness (QED) is 0.0526. The second kappa shape index (κ2) is 18.0. The molecule has 1 aromatic heterocycles. The SMILES string of the molecule is COc1cc(OC)cc(-c2cc(CCCOC(=O)C[C@@H](NC(=O)OC(C)(C)C)C(=O)OCc3ccccc3)c(C=C3SC(=S)N(C4CC5CCC4C5)C3=O)o2)c1. The average molecular weight is 805 g/mol. The molecule has 12 nitrogen and oxygen atoms in total. The fourth-order valence-electron chi connectivity index (χ4n) is 7.41. The molecular formula is C42H48N2O10S2. The molecule has 3 aromatic rings. The van der Waals surface area contributed by atoms with Gasteiger partial charge in [-0.1, -0.05) is 60.7 Å². The average Bonchev–Trinajstić information content (AvgIpc) is 3.96.